The van der Waals surface area contributed by atoms with Crippen LogP contribution in [0, 0.1) is 0 Å². The number of rotatable bonds is 8. The van der Waals surface area contributed by atoms with Gasteiger partial charge in [0.05, 0.1) is 19.1 Å². The number of methoxy groups -OCH3 is 2. The van der Waals surface area contributed by atoms with E-state index < -0.39 is 10.0 Å². The molecule has 0 bridgehead atoms. The molecule has 7 heteroatoms. The van der Waals surface area contributed by atoms with Gasteiger partial charge in [-0.25, -0.2) is 13.1 Å². The highest BCUT2D eigenvalue weighted by atomic mass is 32.2. The maximum Gasteiger partial charge on any atom is 0.240 e. The summed E-state index contributed by atoms with van der Waals surface area (Å²) in [5.74, 6) is 1.55. The summed E-state index contributed by atoms with van der Waals surface area (Å²) in [5, 5.41) is 0. The Balaban J connectivity index is 1.60. The van der Waals surface area contributed by atoms with Crippen molar-refractivity contribution < 1.29 is 22.6 Å². The van der Waals surface area contributed by atoms with Crippen LogP contribution in [0.15, 0.2) is 41.3 Å². The zero-order chi connectivity index (χ0) is 19.3. The van der Waals surface area contributed by atoms with Gasteiger partial charge in [-0.2, -0.15) is 0 Å². The summed E-state index contributed by atoms with van der Waals surface area (Å²) in [5.41, 5.74) is 2.40. The quantitative estimate of drug-likeness (QED) is 0.701. The molecule has 0 heterocycles. The number of aryl methyl sites for hydroxylation is 2. The minimum Gasteiger partial charge on any atom is -0.493 e. The van der Waals surface area contributed by atoms with Gasteiger partial charge in [-0.05, 0) is 61.1 Å². The van der Waals surface area contributed by atoms with E-state index in [0.29, 0.717) is 22.1 Å². The van der Waals surface area contributed by atoms with E-state index in [0.717, 1.165) is 24.8 Å². The lowest BCUT2D eigenvalue weighted by molar-refractivity contribution is 0.287. The first-order valence-electron chi connectivity index (χ1n) is 9.00. The molecule has 0 unspecified atom stereocenters. The van der Waals surface area contributed by atoms with Gasteiger partial charge >= 0.3 is 0 Å². The van der Waals surface area contributed by atoms with Gasteiger partial charge in [0.15, 0.2) is 11.5 Å². The predicted molar refractivity (Wildman–Crippen MR) is 103 cm³/mol. The second-order valence-electron chi connectivity index (χ2n) is 6.38. The van der Waals surface area contributed by atoms with E-state index in [2.05, 4.69) is 4.72 Å². The fourth-order valence-corrected chi connectivity index (χ4v) is 4.33. The number of fused-ring (bicyclic) bond motifs is 1. The van der Waals surface area contributed by atoms with Crippen molar-refractivity contribution in [3.8, 4) is 17.2 Å². The van der Waals surface area contributed by atoms with Crippen molar-refractivity contribution in [1.82, 2.24) is 4.72 Å². The number of nitrogens with one attached hydrogen (secondary N) is 1. The van der Waals surface area contributed by atoms with Gasteiger partial charge in [0.2, 0.25) is 15.8 Å². The minimum atomic E-state index is -3.56. The van der Waals surface area contributed by atoms with Gasteiger partial charge in [0.25, 0.3) is 0 Å². The number of sulfonamides is 1. The molecule has 0 aliphatic heterocycles. The van der Waals surface area contributed by atoms with Crippen molar-refractivity contribution >= 4 is 10.0 Å². The molecule has 3 rings (SSSR count). The Morgan fingerprint density at radius 2 is 1.70 bits per heavy atom. The standard InChI is InChI=1S/C20H25NO5S/c1-24-18-8-5-9-19(20(18)25-2)26-13-12-21-27(22,23)17-11-10-15-6-3-4-7-16(15)14-17/h5,8-11,14,21H,3-4,6-7,12-13H2,1-2H3. The summed E-state index contributed by atoms with van der Waals surface area (Å²) < 4.78 is 43.9. The number of para-hydroxylation sites is 1. The van der Waals surface area contributed by atoms with Gasteiger partial charge in [-0.15, -0.1) is 0 Å². The summed E-state index contributed by atoms with van der Waals surface area (Å²) >= 11 is 0. The lowest BCUT2D eigenvalue weighted by atomic mass is 9.92. The Hall–Kier alpha value is -2.25. The molecule has 6 nitrogen and oxygen atoms in total. The number of hydrogen-bond donors (Lipinski definition) is 1. The SMILES string of the molecule is COc1cccc(OCCNS(=O)(=O)c2ccc3c(c2)CCCC3)c1OC. The highest BCUT2D eigenvalue weighted by Gasteiger charge is 2.17. The smallest absolute Gasteiger partial charge is 0.240 e. The Morgan fingerprint density at radius 3 is 2.44 bits per heavy atom. The topological polar surface area (TPSA) is 73.9 Å². The van der Waals surface area contributed by atoms with Crippen LogP contribution in [-0.2, 0) is 22.9 Å². The average molecular weight is 391 g/mol. The number of ether oxygens (including phenoxy) is 3. The zero-order valence-electron chi connectivity index (χ0n) is 15.7. The lowest BCUT2D eigenvalue weighted by Crippen LogP contribution is -2.28. The van der Waals surface area contributed by atoms with Gasteiger partial charge < -0.3 is 14.2 Å². The van der Waals surface area contributed by atoms with Crippen LogP contribution in [0.2, 0.25) is 0 Å². The van der Waals surface area contributed by atoms with Crippen molar-refractivity contribution in [2.45, 2.75) is 30.6 Å². The predicted octanol–water partition coefficient (Wildman–Crippen LogP) is 2.94. The molecule has 2 aromatic rings. The van der Waals surface area contributed by atoms with Crippen LogP contribution in [-0.4, -0.2) is 35.8 Å². The van der Waals surface area contributed by atoms with E-state index in [1.807, 2.05) is 6.07 Å². The van der Waals surface area contributed by atoms with Crippen molar-refractivity contribution in [3.63, 3.8) is 0 Å². The first-order valence-corrected chi connectivity index (χ1v) is 10.5. The molecule has 0 amide bonds. The molecule has 2 aromatic carbocycles. The molecular weight excluding hydrogens is 366 g/mol. The van der Waals surface area contributed by atoms with Crippen molar-refractivity contribution in [2.24, 2.45) is 0 Å². The summed E-state index contributed by atoms with van der Waals surface area (Å²) in [6, 6.07) is 10.7. The van der Waals surface area contributed by atoms with Crippen LogP contribution in [0.5, 0.6) is 17.2 Å². The zero-order valence-corrected chi connectivity index (χ0v) is 16.5. The molecule has 1 aliphatic rings. The molecule has 0 saturated carbocycles. The fraction of sp³-hybridized carbons (Fsp3) is 0.400. The Bertz CT molecular complexity index is 895. The molecular formula is C20H25NO5S. The Labute approximate surface area is 160 Å². The molecule has 0 atom stereocenters. The van der Waals surface area contributed by atoms with Gasteiger partial charge in [-0.3, -0.25) is 0 Å². The van der Waals surface area contributed by atoms with Crippen LogP contribution < -0.4 is 18.9 Å². The summed E-state index contributed by atoms with van der Waals surface area (Å²) in [7, 11) is -0.481. The average Bonchev–Trinajstić information content (AvgIpc) is 2.70. The third kappa shape index (κ3) is 4.54. The van der Waals surface area contributed by atoms with Gasteiger partial charge in [0, 0.05) is 6.54 Å². The molecule has 27 heavy (non-hydrogen) atoms. The lowest BCUT2D eigenvalue weighted by Gasteiger charge is -2.17. The van der Waals surface area contributed by atoms with Gasteiger partial charge in [-0.1, -0.05) is 12.1 Å². The van der Waals surface area contributed by atoms with E-state index >= 15 is 0 Å². The van der Waals surface area contributed by atoms with Crippen LogP contribution in [0.25, 0.3) is 0 Å². The molecule has 1 N–H and O–H groups in total. The highest BCUT2D eigenvalue weighted by molar-refractivity contribution is 7.89. The first kappa shape index (κ1) is 19.5. The second kappa shape index (κ2) is 8.63. The van der Waals surface area contributed by atoms with Crippen molar-refractivity contribution in [2.75, 3.05) is 27.4 Å². The van der Waals surface area contributed by atoms with E-state index in [1.54, 1.807) is 37.4 Å². The molecule has 0 radical (unpaired) electrons. The van der Waals surface area contributed by atoms with Gasteiger partial charge in [0.1, 0.15) is 6.61 Å². The fourth-order valence-electron chi connectivity index (χ4n) is 3.27. The van der Waals surface area contributed by atoms with E-state index in [1.165, 1.54) is 19.1 Å². The summed E-state index contributed by atoms with van der Waals surface area (Å²) in [6.07, 6.45) is 4.25. The molecule has 0 saturated heterocycles. The molecule has 0 aromatic heterocycles. The summed E-state index contributed by atoms with van der Waals surface area (Å²) in [6.45, 7) is 0.327. The third-order valence-electron chi connectivity index (χ3n) is 4.65. The third-order valence-corrected chi connectivity index (χ3v) is 6.11. The maximum atomic E-state index is 12.5. The van der Waals surface area contributed by atoms with Crippen molar-refractivity contribution in [3.05, 3.63) is 47.5 Å². The Morgan fingerprint density at radius 1 is 0.963 bits per heavy atom. The molecule has 1 aliphatic carbocycles. The highest BCUT2D eigenvalue weighted by Crippen LogP contribution is 2.36. The van der Waals surface area contributed by atoms with Crippen LogP contribution in [0.3, 0.4) is 0 Å². The largest absolute Gasteiger partial charge is 0.493 e. The van der Waals surface area contributed by atoms with E-state index in [9.17, 15) is 8.42 Å². The first-order chi connectivity index (χ1) is 13.0. The second-order valence-corrected chi connectivity index (χ2v) is 8.14. The summed E-state index contributed by atoms with van der Waals surface area (Å²) in [4.78, 5) is 0.308. The van der Waals surface area contributed by atoms with E-state index in [4.69, 9.17) is 14.2 Å². The maximum absolute atomic E-state index is 12.5. The monoisotopic (exact) mass is 391 g/mol. The molecule has 146 valence electrons. The molecule has 0 spiro atoms. The van der Waals surface area contributed by atoms with E-state index in [-0.39, 0.29) is 13.2 Å². The van der Waals surface area contributed by atoms with Crippen LogP contribution >= 0.6 is 0 Å². The number of benzene rings is 2. The Kier molecular flexibility index (Phi) is 6.23. The van der Waals surface area contributed by atoms with Crippen LogP contribution in [0.4, 0.5) is 0 Å². The normalized spacial score (nSPS) is 13.7. The number of hydrogen-bond acceptors (Lipinski definition) is 5. The van der Waals surface area contributed by atoms with Crippen LogP contribution in [0.1, 0.15) is 24.0 Å². The van der Waals surface area contributed by atoms with Crippen molar-refractivity contribution in [1.29, 1.82) is 0 Å². The minimum absolute atomic E-state index is 0.153. The molecule has 0 fully saturated rings.